The van der Waals surface area contributed by atoms with Crippen LogP contribution in [-0.4, -0.2) is 45.0 Å². The number of nitrogens with zero attached hydrogens (tertiary/aromatic N) is 3. The predicted octanol–water partition coefficient (Wildman–Crippen LogP) is 5.01. The molecule has 196 valence electrons. The van der Waals surface area contributed by atoms with Crippen molar-refractivity contribution >= 4 is 64.5 Å². The number of primary amides is 1. The summed E-state index contributed by atoms with van der Waals surface area (Å²) in [5.74, 6) is -2.12. The maximum absolute atomic E-state index is 15.0. The van der Waals surface area contributed by atoms with Gasteiger partial charge in [-0.05, 0) is 36.2 Å². The van der Waals surface area contributed by atoms with Gasteiger partial charge in [-0.3, -0.25) is 23.7 Å². The first kappa shape index (κ1) is 27.4. The van der Waals surface area contributed by atoms with E-state index in [0.29, 0.717) is 26.4 Å². The Kier molecular flexibility index (Phi) is 8.20. The second-order valence-corrected chi connectivity index (χ2v) is 9.88. The van der Waals surface area contributed by atoms with E-state index in [1.165, 1.54) is 29.7 Å². The van der Waals surface area contributed by atoms with Gasteiger partial charge in [-0.15, -0.1) is 23.7 Å². The van der Waals surface area contributed by atoms with Crippen LogP contribution in [0.25, 0.3) is 10.2 Å². The van der Waals surface area contributed by atoms with Crippen molar-refractivity contribution in [2.75, 3.05) is 13.1 Å². The number of halogens is 2. The number of nitrogens with two attached hydrogens (primary N) is 1. The highest BCUT2D eigenvalue weighted by atomic mass is 35.5. The van der Waals surface area contributed by atoms with Crippen LogP contribution in [0.1, 0.15) is 38.1 Å². The van der Waals surface area contributed by atoms with Gasteiger partial charge in [-0.1, -0.05) is 43.1 Å². The fraction of sp³-hybridized carbons (Fsp3) is 0.154. The van der Waals surface area contributed by atoms with Crippen LogP contribution in [0.5, 0.6) is 11.5 Å². The molecule has 0 radical (unpaired) electrons. The highest BCUT2D eigenvalue weighted by Crippen LogP contribution is 2.37. The van der Waals surface area contributed by atoms with Crippen molar-refractivity contribution in [1.82, 2.24) is 14.2 Å². The minimum atomic E-state index is -1.15. The lowest BCUT2D eigenvalue weighted by Crippen LogP contribution is -2.41. The molecular formula is C26H22ClFN4O4S2. The van der Waals surface area contributed by atoms with Gasteiger partial charge in [-0.25, -0.2) is 4.39 Å². The minimum absolute atomic E-state index is 0. The smallest absolute Gasteiger partial charge is 0.264 e. The number of benzene rings is 2. The number of fused-ring (bicyclic) bond motifs is 1. The Labute approximate surface area is 233 Å². The van der Waals surface area contributed by atoms with Gasteiger partial charge in [0.15, 0.2) is 11.6 Å². The standard InChI is InChI=1S/C26H21FN4O4S2.ClH/c27-17-13-16(25(33)31(36)22(24(28)32)15-5-2-1-3-6-15)7-8-19(17)35-20-9-10-29-18-14-21(37-23(18)20)26(34)30-11-4-12-30;/h1-3,5-10,13-14,22,36H,4,11-12H2,(H2,28,32);1H. The molecule has 2 aromatic heterocycles. The fourth-order valence-electron chi connectivity index (χ4n) is 3.92. The van der Waals surface area contributed by atoms with Gasteiger partial charge in [0.05, 0.1) is 15.1 Å². The van der Waals surface area contributed by atoms with E-state index in [9.17, 15) is 14.4 Å². The third kappa shape index (κ3) is 5.31. The monoisotopic (exact) mass is 572 g/mol. The lowest BCUT2D eigenvalue weighted by molar-refractivity contribution is -0.121. The van der Waals surface area contributed by atoms with Gasteiger partial charge in [0.1, 0.15) is 11.8 Å². The number of carbonyl (C=O) groups is 3. The molecule has 1 unspecified atom stereocenters. The Bertz CT molecular complexity index is 1510. The van der Waals surface area contributed by atoms with Gasteiger partial charge < -0.3 is 15.4 Å². The summed E-state index contributed by atoms with van der Waals surface area (Å²) < 4.78 is 22.4. The van der Waals surface area contributed by atoms with Crippen LogP contribution in [0.4, 0.5) is 4.39 Å². The number of carbonyl (C=O) groups excluding carboxylic acids is 3. The van der Waals surface area contributed by atoms with Crippen molar-refractivity contribution < 1.29 is 23.5 Å². The zero-order chi connectivity index (χ0) is 26.1. The van der Waals surface area contributed by atoms with E-state index >= 15 is 4.39 Å². The maximum atomic E-state index is 15.0. The normalized spacial score (nSPS) is 13.3. The van der Waals surface area contributed by atoms with Crippen molar-refractivity contribution in [1.29, 1.82) is 0 Å². The zero-order valence-corrected chi connectivity index (χ0v) is 22.3. The molecule has 1 saturated heterocycles. The fourth-order valence-corrected chi connectivity index (χ4v) is 5.32. The van der Waals surface area contributed by atoms with Crippen LogP contribution < -0.4 is 10.5 Å². The van der Waals surface area contributed by atoms with Crippen LogP contribution in [-0.2, 0) is 4.79 Å². The largest absolute Gasteiger partial charge is 0.453 e. The van der Waals surface area contributed by atoms with Gasteiger partial charge in [0.2, 0.25) is 5.91 Å². The SMILES string of the molecule is Cl.NC(=O)C(c1ccccc1)N(S)C(=O)c1ccc(Oc2ccnc3cc(C(=O)N4CCC4)sc23)c(F)c1. The molecule has 1 fully saturated rings. The molecule has 1 aliphatic heterocycles. The molecule has 8 nitrogen and oxygen atoms in total. The molecular weight excluding hydrogens is 551 g/mol. The molecule has 5 rings (SSSR count). The van der Waals surface area contributed by atoms with E-state index < -0.39 is 23.7 Å². The van der Waals surface area contributed by atoms with E-state index in [4.69, 9.17) is 10.5 Å². The van der Waals surface area contributed by atoms with E-state index in [1.807, 2.05) is 0 Å². The number of thiol groups is 1. The average molecular weight is 573 g/mol. The van der Waals surface area contributed by atoms with Gasteiger partial charge in [-0.2, -0.15) is 0 Å². The molecule has 0 aliphatic carbocycles. The predicted molar refractivity (Wildman–Crippen MR) is 147 cm³/mol. The molecule has 0 spiro atoms. The molecule has 1 aliphatic rings. The molecule has 3 heterocycles. The Hall–Kier alpha value is -3.67. The Morgan fingerprint density at radius 3 is 2.45 bits per heavy atom. The van der Waals surface area contributed by atoms with Gasteiger partial charge in [0, 0.05) is 30.9 Å². The van der Waals surface area contributed by atoms with E-state index in [1.54, 1.807) is 47.4 Å². The van der Waals surface area contributed by atoms with Crippen molar-refractivity contribution in [2.45, 2.75) is 12.5 Å². The summed E-state index contributed by atoms with van der Waals surface area (Å²) >= 11 is 5.43. The Balaban J connectivity index is 0.00000336. The number of hydrogen-bond donors (Lipinski definition) is 2. The number of ether oxygens (including phenoxy) is 1. The number of aromatic nitrogens is 1. The van der Waals surface area contributed by atoms with Crippen LogP contribution in [0.2, 0.25) is 0 Å². The van der Waals surface area contributed by atoms with Gasteiger partial charge in [0.25, 0.3) is 11.8 Å². The third-order valence-electron chi connectivity index (χ3n) is 5.97. The summed E-state index contributed by atoms with van der Waals surface area (Å²) in [6.07, 6.45) is 2.51. The van der Waals surface area contributed by atoms with Gasteiger partial charge >= 0.3 is 0 Å². The molecule has 0 bridgehead atoms. The molecule has 4 aromatic rings. The van der Waals surface area contributed by atoms with Crippen molar-refractivity contribution in [2.24, 2.45) is 5.73 Å². The summed E-state index contributed by atoms with van der Waals surface area (Å²) in [4.78, 5) is 44.3. The number of amides is 3. The van der Waals surface area contributed by atoms with Crippen molar-refractivity contribution in [3.8, 4) is 11.5 Å². The average Bonchev–Trinajstić information content (AvgIpc) is 3.30. The molecule has 2 aromatic carbocycles. The summed E-state index contributed by atoms with van der Waals surface area (Å²) in [6.45, 7) is 1.46. The summed E-state index contributed by atoms with van der Waals surface area (Å²) in [5.41, 5.74) is 6.52. The van der Waals surface area contributed by atoms with Crippen LogP contribution >= 0.6 is 36.6 Å². The molecule has 0 saturated carbocycles. The van der Waals surface area contributed by atoms with Crippen LogP contribution in [0.15, 0.2) is 66.9 Å². The first-order valence-electron chi connectivity index (χ1n) is 11.4. The quantitative estimate of drug-likeness (QED) is 0.303. The first-order valence-corrected chi connectivity index (χ1v) is 12.6. The number of hydrogen-bond acceptors (Lipinski definition) is 7. The first-order chi connectivity index (χ1) is 17.8. The molecule has 12 heteroatoms. The lowest BCUT2D eigenvalue weighted by atomic mass is 10.1. The van der Waals surface area contributed by atoms with Crippen LogP contribution in [0, 0.1) is 5.82 Å². The van der Waals surface area contributed by atoms with Crippen LogP contribution in [0.3, 0.4) is 0 Å². The summed E-state index contributed by atoms with van der Waals surface area (Å²) in [5, 5.41) is 0. The Morgan fingerprint density at radius 1 is 1.08 bits per heavy atom. The molecule has 38 heavy (non-hydrogen) atoms. The zero-order valence-electron chi connectivity index (χ0n) is 19.7. The second-order valence-electron chi connectivity index (χ2n) is 8.39. The highest BCUT2D eigenvalue weighted by Gasteiger charge is 2.29. The maximum Gasteiger partial charge on any atom is 0.264 e. The second kappa shape index (κ2) is 11.4. The number of likely N-dealkylation sites (tertiary alicyclic amines) is 1. The molecule has 1 atom stereocenters. The number of pyridine rings is 1. The van der Waals surface area contributed by atoms with E-state index in [-0.39, 0.29) is 29.6 Å². The third-order valence-corrected chi connectivity index (χ3v) is 7.51. The number of thiophene rings is 1. The topological polar surface area (TPSA) is 106 Å². The van der Waals surface area contributed by atoms with Crippen molar-refractivity contribution in [3.05, 3.63) is 88.7 Å². The van der Waals surface area contributed by atoms with E-state index in [2.05, 4.69) is 17.8 Å². The minimum Gasteiger partial charge on any atom is -0.453 e. The number of rotatable bonds is 7. The lowest BCUT2D eigenvalue weighted by Gasteiger charge is -2.30. The van der Waals surface area contributed by atoms with Crippen molar-refractivity contribution in [3.63, 3.8) is 0 Å². The highest BCUT2D eigenvalue weighted by molar-refractivity contribution is 7.78. The molecule has 3 amide bonds. The molecule has 2 N–H and O–H groups in total. The summed E-state index contributed by atoms with van der Waals surface area (Å²) in [6, 6.07) is 14.3. The Morgan fingerprint density at radius 2 is 1.82 bits per heavy atom. The summed E-state index contributed by atoms with van der Waals surface area (Å²) in [7, 11) is 0. The van der Waals surface area contributed by atoms with E-state index in [0.717, 1.165) is 29.9 Å².